The summed E-state index contributed by atoms with van der Waals surface area (Å²) in [5.41, 5.74) is 3.89. The van der Waals surface area contributed by atoms with Gasteiger partial charge in [-0.25, -0.2) is 4.68 Å². The molecular formula is C40H47N3O10. The number of nitrogens with zero attached hydrogens (tertiary/aromatic N) is 3. The van der Waals surface area contributed by atoms with E-state index < -0.39 is 54.7 Å². The smallest absolute Gasteiger partial charge is 0.303 e. The summed E-state index contributed by atoms with van der Waals surface area (Å²) in [5.74, 6) is -1.20. The van der Waals surface area contributed by atoms with Crippen LogP contribution in [0.3, 0.4) is 0 Å². The lowest BCUT2D eigenvalue weighted by Crippen LogP contribution is -2.57. The van der Waals surface area contributed by atoms with Crippen LogP contribution < -0.4 is 0 Å². The first-order valence-electron chi connectivity index (χ1n) is 17.9. The number of carbonyl (C=O) groups excluding carboxylic acids is 2. The first-order valence-corrected chi connectivity index (χ1v) is 17.9. The van der Waals surface area contributed by atoms with Crippen LogP contribution in [0.25, 0.3) is 5.69 Å². The summed E-state index contributed by atoms with van der Waals surface area (Å²) >= 11 is 0. The molecule has 3 heterocycles. The molecule has 282 valence electrons. The molecule has 0 saturated carbocycles. The standard InChI is InChI=1S/C40H47N3O10/c1-5-32-24(2)36(49-21-27-12-8-6-9-13-27)40(50-22-28-14-10-7-11-15-28)38(52-32)31-20-43(42-41-31)30-18-16-29(17-19-30)37-34(46)35(47)39(51-26(4)45)33(53-37)23-48-25(3)44/h6-20,24,32-40,46-47H,5,21-23H2,1-4H3/t24-,32-,33-,34+,35-,36+,37-,38-,39-,40+/m1/s1. The second-order valence-electron chi connectivity index (χ2n) is 13.5. The molecule has 3 aromatic carbocycles. The molecule has 2 N–H and O–H groups in total. The van der Waals surface area contributed by atoms with Crippen molar-refractivity contribution in [3.05, 3.63) is 114 Å². The zero-order valence-corrected chi connectivity index (χ0v) is 30.3. The molecule has 0 bridgehead atoms. The van der Waals surface area contributed by atoms with E-state index in [0.29, 0.717) is 30.2 Å². The Morgan fingerprint density at radius 3 is 1.94 bits per heavy atom. The fourth-order valence-corrected chi connectivity index (χ4v) is 6.98. The van der Waals surface area contributed by atoms with Gasteiger partial charge < -0.3 is 38.6 Å². The third kappa shape index (κ3) is 9.18. The minimum absolute atomic E-state index is 0.0390. The van der Waals surface area contributed by atoms with Gasteiger partial charge in [-0.1, -0.05) is 91.9 Å². The predicted octanol–water partition coefficient (Wildman–Crippen LogP) is 4.58. The van der Waals surface area contributed by atoms with Crippen molar-refractivity contribution in [3.63, 3.8) is 0 Å². The fraction of sp³-hybridized carbons (Fsp3) is 0.450. The molecule has 2 aliphatic heterocycles. The summed E-state index contributed by atoms with van der Waals surface area (Å²) in [5, 5.41) is 30.9. The van der Waals surface area contributed by atoms with Gasteiger partial charge in [-0.15, -0.1) is 5.10 Å². The number of ether oxygens (including phenoxy) is 6. The van der Waals surface area contributed by atoms with Gasteiger partial charge in [-0.2, -0.15) is 0 Å². The largest absolute Gasteiger partial charge is 0.463 e. The van der Waals surface area contributed by atoms with Gasteiger partial charge in [-0.05, 0) is 35.2 Å². The molecule has 0 unspecified atom stereocenters. The SMILES string of the molecule is CC[C@H]1O[C@H](c2cn(-c3ccc([C@H]4O[C@H](COC(C)=O)[C@@H](OC(C)=O)[C@H](O)[C@@H]4O)cc3)nn2)[C@@H](OCc2ccccc2)[C@@H](OCc2ccccc2)[C@@H]1C. The highest BCUT2D eigenvalue weighted by Gasteiger charge is 2.48. The molecule has 1 aromatic heterocycles. The van der Waals surface area contributed by atoms with E-state index in [0.717, 1.165) is 17.5 Å². The van der Waals surface area contributed by atoms with Gasteiger partial charge in [0.05, 0.1) is 37.3 Å². The average Bonchev–Trinajstić information content (AvgIpc) is 3.66. The van der Waals surface area contributed by atoms with E-state index in [1.54, 1.807) is 28.9 Å². The van der Waals surface area contributed by atoms with Gasteiger partial charge in [0.2, 0.25) is 0 Å². The normalized spacial score (nSPS) is 28.6. The molecule has 10 atom stereocenters. The number of benzene rings is 3. The third-order valence-corrected chi connectivity index (χ3v) is 9.75. The van der Waals surface area contributed by atoms with E-state index in [4.69, 9.17) is 28.4 Å². The Morgan fingerprint density at radius 1 is 0.755 bits per heavy atom. The van der Waals surface area contributed by atoms with Crippen LogP contribution in [0.5, 0.6) is 0 Å². The van der Waals surface area contributed by atoms with Crippen molar-refractivity contribution in [3.8, 4) is 5.69 Å². The minimum atomic E-state index is -1.49. The van der Waals surface area contributed by atoms with Gasteiger partial charge in [-0.3, -0.25) is 9.59 Å². The molecule has 6 rings (SSSR count). The monoisotopic (exact) mass is 729 g/mol. The van der Waals surface area contributed by atoms with Crippen molar-refractivity contribution in [1.82, 2.24) is 15.0 Å². The van der Waals surface area contributed by atoms with E-state index in [9.17, 15) is 19.8 Å². The maximum Gasteiger partial charge on any atom is 0.303 e. The highest BCUT2D eigenvalue weighted by atomic mass is 16.6. The molecule has 53 heavy (non-hydrogen) atoms. The van der Waals surface area contributed by atoms with Crippen molar-refractivity contribution in [1.29, 1.82) is 0 Å². The van der Waals surface area contributed by atoms with Crippen LogP contribution in [0, 0.1) is 5.92 Å². The summed E-state index contributed by atoms with van der Waals surface area (Å²) in [4.78, 5) is 23.2. The first kappa shape index (κ1) is 38.2. The fourth-order valence-electron chi connectivity index (χ4n) is 6.98. The van der Waals surface area contributed by atoms with Crippen molar-refractivity contribution in [2.24, 2.45) is 5.92 Å². The number of rotatable bonds is 13. The van der Waals surface area contributed by atoms with Crippen LogP contribution >= 0.6 is 0 Å². The highest BCUT2D eigenvalue weighted by Crippen LogP contribution is 2.40. The van der Waals surface area contributed by atoms with Gasteiger partial charge >= 0.3 is 11.9 Å². The van der Waals surface area contributed by atoms with Crippen molar-refractivity contribution >= 4 is 11.9 Å². The maximum absolute atomic E-state index is 11.7. The molecule has 0 spiro atoms. The van der Waals surface area contributed by atoms with E-state index in [-0.39, 0.29) is 24.7 Å². The number of carbonyl (C=O) groups is 2. The van der Waals surface area contributed by atoms with E-state index >= 15 is 0 Å². The maximum atomic E-state index is 11.7. The van der Waals surface area contributed by atoms with Gasteiger partial charge in [0, 0.05) is 19.8 Å². The number of hydrogen-bond acceptors (Lipinski definition) is 12. The average molecular weight is 730 g/mol. The second kappa shape index (κ2) is 17.5. The van der Waals surface area contributed by atoms with Gasteiger partial charge in [0.25, 0.3) is 0 Å². The zero-order chi connectivity index (χ0) is 37.5. The van der Waals surface area contributed by atoms with E-state index in [1.807, 2.05) is 66.9 Å². The first-order chi connectivity index (χ1) is 25.6. The predicted molar refractivity (Wildman–Crippen MR) is 190 cm³/mol. The summed E-state index contributed by atoms with van der Waals surface area (Å²) < 4.78 is 38.0. The van der Waals surface area contributed by atoms with Crippen molar-refractivity contribution in [2.75, 3.05) is 6.61 Å². The molecule has 0 radical (unpaired) electrons. The summed E-state index contributed by atoms with van der Waals surface area (Å²) in [6.45, 7) is 7.16. The lowest BCUT2D eigenvalue weighted by molar-refractivity contribution is -0.242. The Balaban J connectivity index is 1.23. The molecule has 0 amide bonds. The van der Waals surface area contributed by atoms with E-state index in [1.165, 1.54) is 13.8 Å². The third-order valence-electron chi connectivity index (χ3n) is 9.75. The molecular weight excluding hydrogens is 682 g/mol. The molecule has 4 aromatic rings. The molecule has 13 nitrogen and oxygen atoms in total. The van der Waals surface area contributed by atoms with Gasteiger partial charge in [0.15, 0.2) is 6.10 Å². The van der Waals surface area contributed by atoms with Crippen LogP contribution in [0.15, 0.2) is 91.1 Å². The number of hydrogen-bond donors (Lipinski definition) is 2. The quantitative estimate of drug-likeness (QED) is 0.185. The van der Waals surface area contributed by atoms with Crippen LogP contribution in [-0.4, -0.2) is 86.5 Å². The number of esters is 2. The lowest BCUT2D eigenvalue weighted by atomic mass is 9.85. The molecule has 13 heteroatoms. The number of aromatic nitrogens is 3. The number of aliphatic hydroxyl groups excluding tert-OH is 2. The Morgan fingerprint density at radius 2 is 1.36 bits per heavy atom. The molecule has 2 fully saturated rings. The Bertz CT molecular complexity index is 1770. The van der Waals surface area contributed by atoms with Crippen LogP contribution in [0.1, 0.15) is 68.7 Å². The van der Waals surface area contributed by atoms with Crippen molar-refractivity contribution in [2.45, 2.75) is 102 Å². The lowest BCUT2D eigenvalue weighted by Gasteiger charge is -2.45. The Labute approximate surface area is 308 Å². The molecule has 2 saturated heterocycles. The summed E-state index contributed by atoms with van der Waals surface area (Å²) in [7, 11) is 0. The van der Waals surface area contributed by atoms with Crippen LogP contribution in [0.2, 0.25) is 0 Å². The Kier molecular flexibility index (Phi) is 12.7. The van der Waals surface area contributed by atoms with E-state index in [2.05, 4.69) is 24.2 Å². The van der Waals surface area contributed by atoms with Crippen LogP contribution in [0.4, 0.5) is 0 Å². The Hall–Kier alpha value is -4.50. The second-order valence-corrected chi connectivity index (χ2v) is 13.5. The minimum Gasteiger partial charge on any atom is -0.463 e. The molecule has 0 aliphatic carbocycles. The topological polar surface area (TPSA) is 161 Å². The highest BCUT2D eigenvalue weighted by molar-refractivity contribution is 5.66. The van der Waals surface area contributed by atoms with Crippen molar-refractivity contribution < 1.29 is 48.2 Å². The summed E-state index contributed by atoms with van der Waals surface area (Å²) in [6.07, 6.45) is -5.04. The van der Waals surface area contributed by atoms with Crippen LogP contribution in [-0.2, 0) is 51.2 Å². The van der Waals surface area contributed by atoms with Gasteiger partial charge in [0.1, 0.15) is 48.9 Å². The zero-order valence-electron chi connectivity index (χ0n) is 30.3. The number of aliphatic hydroxyl groups is 2. The summed E-state index contributed by atoms with van der Waals surface area (Å²) in [6, 6.07) is 27.1. The molecule has 2 aliphatic rings.